The molecule has 1 N–H and O–H groups in total. The molecule has 0 heterocycles. The van der Waals surface area contributed by atoms with E-state index in [1.807, 2.05) is 0 Å². The van der Waals surface area contributed by atoms with E-state index in [9.17, 15) is 4.79 Å². The maximum Gasteiger partial charge on any atom is 0.303 e. The fourth-order valence-electron chi connectivity index (χ4n) is 1.43. The molecule has 0 aliphatic heterocycles. The summed E-state index contributed by atoms with van der Waals surface area (Å²) in [7, 11) is 0. The van der Waals surface area contributed by atoms with E-state index in [0.29, 0.717) is 6.42 Å². The molecule has 0 spiro atoms. The largest absolute Gasteiger partial charge is 0.481 e. The molecule has 0 saturated carbocycles. The number of carbonyl (C=O) groups is 1. The molecule has 0 aliphatic carbocycles. The van der Waals surface area contributed by atoms with Crippen LogP contribution in [0.15, 0.2) is 0 Å². The lowest BCUT2D eigenvalue weighted by atomic mass is 10.1. The maximum absolute atomic E-state index is 10.2. The molecule has 16 heavy (non-hydrogen) atoms. The molecule has 0 fully saturated rings. The van der Waals surface area contributed by atoms with Crippen LogP contribution in [0, 0.1) is 0 Å². The van der Waals surface area contributed by atoms with Gasteiger partial charge in [0.15, 0.2) is 0 Å². The summed E-state index contributed by atoms with van der Waals surface area (Å²) in [6.45, 7) is 0. The molecule has 0 saturated heterocycles. The highest BCUT2D eigenvalue weighted by molar-refractivity contribution is 6.17. The van der Waals surface area contributed by atoms with Gasteiger partial charge in [0, 0.05) is 18.7 Å². The lowest BCUT2D eigenvalue weighted by molar-refractivity contribution is -0.137. The number of rotatable bonds is 10. The van der Waals surface area contributed by atoms with Crippen molar-refractivity contribution < 1.29 is 9.90 Å². The smallest absolute Gasteiger partial charge is 0.303 e. The van der Waals surface area contributed by atoms with Crippen molar-refractivity contribution in [2.75, 3.05) is 12.3 Å². The number of aliphatic carboxylic acids is 1. The Morgan fingerprint density at radius 3 is 1.62 bits per heavy atom. The van der Waals surface area contributed by atoms with Crippen LogP contribution in [-0.2, 0) is 4.79 Å². The number of carboxylic acids is 1. The highest BCUT2D eigenvalue weighted by Gasteiger charge is 1.96. The zero-order valence-electron chi connectivity index (χ0n) is 10.2. The Hall–Kier alpha value is 0.0500. The topological polar surface area (TPSA) is 37.3 Å². The predicted molar refractivity (Wildman–Crippen MR) is 71.7 cm³/mol. The van der Waals surface area contributed by atoms with Crippen molar-refractivity contribution >= 4 is 29.2 Å². The quantitative estimate of drug-likeness (QED) is 0.463. The van der Waals surface area contributed by atoms with E-state index in [-0.39, 0.29) is 0 Å². The third-order valence-electron chi connectivity index (χ3n) is 2.27. The van der Waals surface area contributed by atoms with Crippen LogP contribution in [-0.4, -0.2) is 23.3 Å². The molecule has 4 heteroatoms. The third-order valence-corrected chi connectivity index (χ3v) is 2.54. The summed E-state index contributed by atoms with van der Waals surface area (Å²) in [5, 5.41) is 8.40. The Morgan fingerprint density at radius 1 is 0.875 bits per heavy atom. The van der Waals surface area contributed by atoms with E-state index < -0.39 is 5.97 Å². The maximum atomic E-state index is 10.2. The summed E-state index contributed by atoms with van der Waals surface area (Å²) in [6, 6.07) is 0. The Bertz CT molecular complexity index is 141. The monoisotopic (exact) mass is 270 g/mol. The first-order valence-corrected chi connectivity index (χ1v) is 7.22. The standard InChI is InChI=1S/C11H21ClO2.CH3Cl/c12-10-8-6-4-2-1-3-5-7-9-11(13)14;1-2/h1-10H2,(H,13,14);1H3. The molecule has 0 aliphatic rings. The van der Waals surface area contributed by atoms with Gasteiger partial charge in [-0.25, -0.2) is 0 Å². The van der Waals surface area contributed by atoms with E-state index in [0.717, 1.165) is 25.1 Å². The molecule has 0 bridgehead atoms. The minimum absolute atomic E-state index is 0.326. The minimum atomic E-state index is -0.674. The van der Waals surface area contributed by atoms with Gasteiger partial charge >= 0.3 is 5.97 Å². The van der Waals surface area contributed by atoms with Crippen LogP contribution in [0.2, 0.25) is 0 Å². The van der Waals surface area contributed by atoms with Crippen LogP contribution in [0.25, 0.3) is 0 Å². The van der Waals surface area contributed by atoms with Crippen molar-refractivity contribution in [3.05, 3.63) is 0 Å². The van der Waals surface area contributed by atoms with Crippen LogP contribution in [0.4, 0.5) is 0 Å². The molecular weight excluding hydrogens is 247 g/mol. The molecule has 98 valence electrons. The second-order valence-corrected chi connectivity index (χ2v) is 4.04. The summed E-state index contributed by atoms with van der Waals surface area (Å²) in [6.07, 6.45) is 11.0. The Labute approximate surface area is 109 Å². The van der Waals surface area contributed by atoms with E-state index in [1.54, 1.807) is 0 Å². The lowest BCUT2D eigenvalue weighted by Crippen LogP contribution is -1.93. The van der Waals surface area contributed by atoms with Gasteiger partial charge in [0.1, 0.15) is 0 Å². The van der Waals surface area contributed by atoms with Crippen molar-refractivity contribution in [1.82, 2.24) is 0 Å². The number of carboxylic acid groups (broad SMARTS) is 1. The molecule has 0 radical (unpaired) electrons. The number of alkyl halides is 2. The lowest BCUT2D eigenvalue weighted by Gasteiger charge is -2.00. The highest BCUT2D eigenvalue weighted by atomic mass is 35.5. The summed E-state index contributed by atoms with van der Waals surface area (Å²) in [4.78, 5) is 10.2. The summed E-state index contributed by atoms with van der Waals surface area (Å²) in [5.74, 6) is 0.102. The van der Waals surface area contributed by atoms with Crippen molar-refractivity contribution in [2.24, 2.45) is 0 Å². The van der Waals surface area contributed by atoms with E-state index in [4.69, 9.17) is 16.7 Å². The van der Waals surface area contributed by atoms with Gasteiger partial charge in [-0.3, -0.25) is 4.79 Å². The number of hydrogen-bond acceptors (Lipinski definition) is 1. The molecule has 0 aromatic carbocycles. The van der Waals surface area contributed by atoms with Crippen molar-refractivity contribution in [1.29, 1.82) is 0 Å². The first-order valence-electron chi connectivity index (χ1n) is 5.93. The third kappa shape index (κ3) is 19.6. The average Bonchev–Trinajstić information content (AvgIpc) is 2.29. The van der Waals surface area contributed by atoms with Gasteiger partial charge in [0.05, 0.1) is 0 Å². The van der Waals surface area contributed by atoms with Gasteiger partial charge in [-0.05, 0) is 12.8 Å². The van der Waals surface area contributed by atoms with Crippen LogP contribution in [0.3, 0.4) is 0 Å². The van der Waals surface area contributed by atoms with Crippen molar-refractivity contribution in [3.63, 3.8) is 0 Å². The first kappa shape index (κ1) is 18.4. The minimum Gasteiger partial charge on any atom is -0.481 e. The van der Waals surface area contributed by atoms with Gasteiger partial charge in [-0.15, -0.1) is 23.2 Å². The summed E-state index contributed by atoms with van der Waals surface area (Å²) in [5.41, 5.74) is 0. The molecule has 0 rings (SSSR count). The molecule has 0 atom stereocenters. The second kappa shape index (κ2) is 17.4. The van der Waals surface area contributed by atoms with Crippen molar-refractivity contribution in [3.8, 4) is 0 Å². The molecular formula is C12H24Cl2O2. The SMILES string of the molecule is CCl.O=C(O)CCCCCCCCCCCl. The van der Waals surface area contributed by atoms with Crippen molar-refractivity contribution in [2.45, 2.75) is 57.8 Å². The molecule has 0 aromatic rings. The number of halogens is 2. The zero-order chi connectivity index (χ0) is 12.6. The summed E-state index contributed by atoms with van der Waals surface area (Å²) >= 11 is 10.2. The molecule has 2 nitrogen and oxygen atoms in total. The van der Waals surface area contributed by atoms with Gasteiger partial charge in [-0.2, -0.15) is 0 Å². The predicted octanol–water partition coefficient (Wildman–Crippen LogP) is 4.68. The Morgan fingerprint density at radius 2 is 1.25 bits per heavy atom. The van der Waals surface area contributed by atoms with Crippen LogP contribution in [0.1, 0.15) is 57.8 Å². The van der Waals surface area contributed by atoms with Gasteiger partial charge in [-0.1, -0.05) is 38.5 Å². The van der Waals surface area contributed by atoms with Crippen LogP contribution < -0.4 is 0 Å². The molecule has 0 amide bonds. The van der Waals surface area contributed by atoms with Gasteiger partial charge in [0.2, 0.25) is 0 Å². The zero-order valence-corrected chi connectivity index (χ0v) is 11.7. The molecule has 0 aromatic heterocycles. The number of unbranched alkanes of at least 4 members (excludes halogenated alkanes) is 7. The summed E-state index contributed by atoms with van der Waals surface area (Å²) < 4.78 is 0. The van der Waals surface area contributed by atoms with Crippen LogP contribution in [0.5, 0.6) is 0 Å². The van der Waals surface area contributed by atoms with E-state index in [2.05, 4.69) is 11.6 Å². The van der Waals surface area contributed by atoms with E-state index in [1.165, 1.54) is 38.5 Å². The molecule has 0 unspecified atom stereocenters. The highest BCUT2D eigenvalue weighted by Crippen LogP contribution is 2.09. The van der Waals surface area contributed by atoms with E-state index >= 15 is 0 Å². The fourth-order valence-corrected chi connectivity index (χ4v) is 1.62. The van der Waals surface area contributed by atoms with Gasteiger partial charge < -0.3 is 5.11 Å². The first-order chi connectivity index (χ1) is 7.77. The Kier molecular flexibility index (Phi) is 20.1. The number of hydrogen-bond donors (Lipinski definition) is 1. The normalized spacial score (nSPS) is 9.44. The Balaban J connectivity index is 0. The fraction of sp³-hybridized carbons (Fsp3) is 0.917. The van der Waals surface area contributed by atoms with Crippen LogP contribution >= 0.6 is 23.2 Å². The van der Waals surface area contributed by atoms with Gasteiger partial charge in [0.25, 0.3) is 0 Å². The second-order valence-electron chi connectivity index (χ2n) is 3.66. The average molecular weight is 271 g/mol.